The molecule has 3 atom stereocenters. The van der Waals surface area contributed by atoms with Gasteiger partial charge in [0, 0.05) is 37.8 Å². The molecular weight excluding hydrogens is 375 g/mol. The lowest BCUT2D eigenvalue weighted by molar-refractivity contribution is -0.133. The van der Waals surface area contributed by atoms with E-state index in [1.807, 2.05) is 0 Å². The van der Waals surface area contributed by atoms with Crippen molar-refractivity contribution in [3.63, 3.8) is 0 Å². The Morgan fingerprint density at radius 2 is 2.08 bits per heavy atom. The molecule has 0 spiro atoms. The highest BCUT2D eigenvalue weighted by Gasteiger charge is 2.38. The molecule has 2 saturated heterocycles. The van der Waals surface area contributed by atoms with Gasteiger partial charge in [-0.3, -0.25) is 14.5 Å². The quantitative estimate of drug-likeness (QED) is 0.769. The predicted octanol–water partition coefficient (Wildman–Crippen LogP) is 2.09. The Bertz CT molecular complexity index is 847. The van der Waals surface area contributed by atoms with Crippen LogP contribution in [0.15, 0.2) is 10.9 Å². The number of carbonyl (C=O) groups is 1. The van der Waals surface area contributed by atoms with Crippen LogP contribution >= 0.6 is 23.2 Å². The van der Waals surface area contributed by atoms with E-state index in [1.54, 1.807) is 9.47 Å². The van der Waals surface area contributed by atoms with Gasteiger partial charge >= 0.3 is 0 Å². The van der Waals surface area contributed by atoms with Crippen molar-refractivity contribution in [2.24, 2.45) is 5.92 Å². The van der Waals surface area contributed by atoms with E-state index in [2.05, 4.69) is 11.0 Å². The lowest BCUT2D eigenvalue weighted by Gasteiger charge is -2.43. The number of pyridine rings is 1. The Morgan fingerprint density at radius 1 is 1.27 bits per heavy atom. The summed E-state index contributed by atoms with van der Waals surface area (Å²) in [4.78, 5) is 28.9. The molecule has 1 amide bonds. The van der Waals surface area contributed by atoms with Gasteiger partial charge in [0.15, 0.2) is 0 Å². The average molecular weight is 395 g/mol. The van der Waals surface area contributed by atoms with Gasteiger partial charge in [0.1, 0.15) is 11.1 Å². The van der Waals surface area contributed by atoms with Crippen molar-refractivity contribution >= 4 is 29.1 Å². The molecule has 26 heavy (non-hydrogen) atoms. The van der Waals surface area contributed by atoms with Gasteiger partial charge in [-0.2, -0.15) is 5.26 Å². The zero-order chi connectivity index (χ0) is 18.4. The average Bonchev–Trinajstić information content (AvgIpc) is 3.08. The third-order valence-corrected chi connectivity index (χ3v) is 6.33. The maximum atomic E-state index is 12.6. The molecule has 0 unspecified atom stereocenters. The molecule has 3 aliphatic rings. The monoisotopic (exact) mass is 394 g/mol. The summed E-state index contributed by atoms with van der Waals surface area (Å²) in [6.45, 7) is 3.03. The maximum absolute atomic E-state index is 12.6. The Morgan fingerprint density at radius 3 is 2.85 bits per heavy atom. The van der Waals surface area contributed by atoms with Gasteiger partial charge in [-0.25, -0.2) is 0 Å². The minimum absolute atomic E-state index is 0.0219. The van der Waals surface area contributed by atoms with Crippen molar-refractivity contribution in [1.82, 2.24) is 14.4 Å². The fraction of sp³-hybridized carbons (Fsp3) is 0.611. The first-order chi connectivity index (χ1) is 12.5. The number of nitriles is 1. The molecule has 2 bridgehead atoms. The summed E-state index contributed by atoms with van der Waals surface area (Å²) in [6, 6.07) is 3.46. The van der Waals surface area contributed by atoms with Crippen molar-refractivity contribution in [1.29, 1.82) is 5.26 Å². The number of hydrogen-bond donors (Lipinski definition) is 0. The minimum Gasteiger partial charge on any atom is -0.326 e. The zero-order valence-corrected chi connectivity index (χ0v) is 15.8. The van der Waals surface area contributed by atoms with Crippen LogP contribution < -0.4 is 5.56 Å². The van der Waals surface area contributed by atoms with Gasteiger partial charge in [0.2, 0.25) is 5.91 Å². The van der Waals surface area contributed by atoms with E-state index in [0.717, 1.165) is 31.5 Å². The summed E-state index contributed by atoms with van der Waals surface area (Å²) in [5.41, 5.74) is 0.657. The molecular formula is C18H20Cl2N4O2. The lowest BCUT2D eigenvalue weighted by atomic mass is 9.83. The maximum Gasteiger partial charge on any atom is 0.269 e. The number of hydrogen-bond acceptors (Lipinski definition) is 4. The molecule has 4 heterocycles. The minimum atomic E-state index is -0.289. The van der Waals surface area contributed by atoms with Gasteiger partial charge in [0.25, 0.3) is 5.56 Å². The number of nitrogens with zero attached hydrogens (tertiary/aromatic N) is 4. The van der Waals surface area contributed by atoms with Gasteiger partial charge in [-0.05, 0) is 31.2 Å². The number of carbonyl (C=O) groups excluding carboxylic acids is 1. The van der Waals surface area contributed by atoms with Crippen LogP contribution in [0.4, 0.5) is 0 Å². The molecule has 138 valence electrons. The van der Waals surface area contributed by atoms with Crippen LogP contribution in [0.1, 0.15) is 30.9 Å². The number of amides is 1. The number of piperidine rings is 1. The number of rotatable bonds is 2. The molecule has 8 heteroatoms. The fourth-order valence-electron chi connectivity index (χ4n) is 4.71. The second kappa shape index (κ2) is 6.88. The fourth-order valence-corrected chi connectivity index (χ4v) is 5.35. The standard InChI is InChI=1S/C18H20Cl2N4O2/c19-14-5-15(20)18(26)24-8-11-4-12(17(14)24)9-22(7-11)10-16(25)23-3-1-2-13(23)6-21/h5,11-13H,1-4,7-10H2/t11-,12-,13+/m1/s1. The summed E-state index contributed by atoms with van der Waals surface area (Å²) in [6.07, 6.45) is 2.62. The van der Waals surface area contributed by atoms with Crippen LogP contribution in [-0.2, 0) is 11.3 Å². The molecule has 0 saturated carbocycles. The van der Waals surface area contributed by atoms with Crippen LogP contribution in [0, 0.1) is 17.2 Å². The first-order valence-electron chi connectivity index (χ1n) is 8.98. The van der Waals surface area contributed by atoms with Crippen molar-refractivity contribution in [3.05, 3.63) is 32.2 Å². The van der Waals surface area contributed by atoms with Gasteiger partial charge in [-0.1, -0.05) is 23.2 Å². The van der Waals surface area contributed by atoms with Crippen LogP contribution in [0.25, 0.3) is 0 Å². The van der Waals surface area contributed by atoms with E-state index >= 15 is 0 Å². The second-order valence-corrected chi connectivity index (χ2v) is 8.32. The smallest absolute Gasteiger partial charge is 0.269 e. The summed E-state index contributed by atoms with van der Waals surface area (Å²) >= 11 is 12.4. The predicted molar refractivity (Wildman–Crippen MR) is 98.4 cm³/mol. The summed E-state index contributed by atoms with van der Waals surface area (Å²) < 4.78 is 1.72. The van der Waals surface area contributed by atoms with Gasteiger partial charge in [0.05, 0.1) is 17.6 Å². The molecule has 0 radical (unpaired) electrons. The van der Waals surface area contributed by atoms with Crippen LogP contribution in [0.5, 0.6) is 0 Å². The molecule has 3 aliphatic heterocycles. The Kier molecular flexibility index (Phi) is 4.72. The van der Waals surface area contributed by atoms with Crippen molar-refractivity contribution < 1.29 is 4.79 Å². The van der Waals surface area contributed by atoms with E-state index in [9.17, 15) is 14.9 Å². The Labute approximate surface area is 161 Å². The zero-order valence-electron chi connectivity index (χ0n) is 14.3. The van der Waals surface area contributed by atoms with E-state index in [1.165, 1.54) is 6.07 Å². The SMILES string of the molecule is N#C[C@@H]1CCCN1C(=O)CN1C[C@H]2C[C@H](C1)c1c(Cl)cc(Cl)c(=O)n1C2. The largest absolute Gasteiger partial charge is 0.326 e. The van der Waals surface area contributed by atoms with Crippen LogP contribution in [0.2, 0.25) is 10.0 Å². The van der Waals surface area contributed by atoms with Crippen molar-refractivity contribution in [3.8, 4) is 6.07 Å². The Hall–Kier alpha value is -1.55. The van der Waals surface area contributed by atoms with E-state index in [-0.39, 0.29) is 28.4 Å². The Balaban J connectivity index is 1.53. The highest BCUT2D eigenvalue weighted by atomic mass is 35.5. The number of aromatic nitrogens is 1. The number of likely N-dealkylation sites (tertiary alicyclic amines) is 2. The molecule has 0 aliphatic carbocycles. The molecule has 0 N–H and O–H groups in total. The third-order valence-electron chi connectivity index (χ3n) is 5.76. The first-order valence-corrected chi connectivity index (χ1v) is 9.73. The van der Waals surface area contributed by atoms with E-state index in [4.69, 9.17) is 23.2 Å². The van der Waals surface area contributed by atoms with Crippen molar-refractivity contribution in [2.45, 2.75) is 37.8 Å². The number of fused-ring (bicyclic) bond motifs is 4. The summed E-state index contributed by atoms with van der Waals surface area (Å²) in [7, 11) is 0. The summed E-state index contributed by atoms with van der Waals surface area (Å²) in [5.74, 6) is 0.443. The number of halogens is 2. The molecule has 4 rings (SSSR count). The molecule has 1 aromatic rings. The van der Waals surface area contributed by atoms with E-state index in [0.29, 0.717) is 37.1 Å². The van der Waals surface area contributed by atoms with Crippen molar-refractivity contribution in [2.75, 3.05) is 26.2 Å². The first kappa shape index (κ1) is 17.8. The van der Waals surface area contributed by atoms with Crippen LogP contribution in [-0.4, -0.2) is 52.5 Å². The normalized spacial score (nSPS) is 27.9. The summed E-state index contributed by atoms with van der Waals surface area (Å²) in [5, 5.41) is 9.87. The van der Waals surface area contributed by atoms with Crippen LogP contribution in [0.3, 0.4) is 0 Å². The molecule has 0 aromatic carbocycles. The molecule has 6 nitrogen and oxygen atoms in total. The topological polar surface area (TPSA) is 69.3 Å². The third kappa shape index (κ3) is 3.02. The highest BCUT2D eigenvalue weighted by Crippen LogP contribution is 2.39. The second-order valence-electron chi connectivity index (χ2n) is 7.51. The van der Waals surface area contributed by atoms with Gasteiger partial charge < -0.3 is 9.47 Å². The molecule has 2 fully saturated rings. The van der Waals surface area contributed by atoms with Gasteiger partial charge in [-0.15, -0.1) is 0 Å². The van der Waals surface area contributed by atoms with E-state index < -0.39 is 0 Å². The molecule has 1 aromatic heterocycles. The highest BCUT2D eigenvalue weighted by molar-refractivity contribution is 6.34. The lowest BCUT2D eigenvalue weighted by Crippen LogP contribution is -2.51.